The van der Waals surface area contributed by atoms with E-state index in [2.05, 4.69) is 20.4 Å². The summed E-state index contributed by atoms with van der Waals surface area (Å²) in [5.41, 5.74) is 0.636. The summed E-state index contributed by atoms with van der Waals surface area (Å²) < 4.78 is 42.3. The Morgan fingerprint density at radius 1 is 1.28 bits per heavy atom. The van der Waals surface area contributed by atoms with Gasteiger partial charge in [-0.25, -0.2) is 17.5 Å². The fourth-order valence-electron chi connectivity index (χ4n) is 3.38. The van der Waals surface area contributed by atoms with Crippen LogP contribution in [0.2, 0.25) is 0 Å². The molecule has 0 radical (unpaired) electrons. The van der Waals surface area contributed by atoms with Gasteiger partial charge in [-0.1, -0.05) is 19.1 Å². The van der Waals surface area contributed by atoms with Crippen molar-refractivity contribution >= 4 is 27.5 Å². The Hall–Kier alpha value is -2.99. The Bertz CT molecular complexity index is 1110. The number of aromatic nitrogens is 3. The van der Waals surface area contributed by atoms with Crippen molar-refractivity contribution in [2.75, 3.05) is 6.54 Å². The third kappa shape index (κ3) is 5.62. The van der Waals surface area contributed by atoms with E-state index in [-0.39, 0.29) is 24.4 Å². The van der Waals surface area contributed by atoms with Gasteiger partial charge >= 0.3 is 0 Å². The molecular weight excluding hydrogens is 441 g/mol. The van der Waals surface area contributed by atoms with Gasteiger partial charge in [-0.2, -0.15) is 0 Å². The smallest absolute Gasteiger partial charge is 0.287 e. The van der Waals surface area contributed by atoms with Crippen LogP contribution in [-0.4, -0.2) is 53.5 Å². The summed E-state index contributed by atoms with van der Waals surface area (Å²) in [6.45, 7) is 3.47. The molecule has 10 nitrogen and oxygen atoms in total. The van der Waals surface area contributed by atoms with Crippen LogP contribution >= 0.6 is 0 Å². The number of hydrogen-bond acceptors (Lipinski definition) is 7. The van der Waals surface area contributed by atoms with Crippen LogP contribution in [0.15, 0.2) is 35.4 Å². The van der Waals surface area contributed by atoms with E-state index in [1.165, 1.54) is 4.68 Å². The highest BCUT2D eigenvalue weighted by molar-refractivity contribution is 7.89. The molecule has 2 unspecified atom stereocenters. The molecule has 172 valence electrons. The van der Waals surface area contributed by atoms with Crippen LogP contribution in [-0.2, 0) is 37.4 Å². The minimum atomic E-state index is -4.12. The molecule has 0 saturated heterocycles. The second-order valence-electron chi connectivity index (χ2n) is 7.97. The monoisotopic (exact) mass is 465 g/mol. The third-order valence-electron chi connectivity index (χ3n) is 5.12. The van der Waals surface area contributed by atoms with E-state index >= 15 is 0 Å². The van der Waals surface area contributed by atoms with Gasteiger partial charge in [-0.05, 0) is 30.2 Å². The van der Waals surface area contributed by atoms with Crippen LogP contribution in [0, 0.1) is 17.7 Å². The summed E-state index contributed by atoms with van der Waals surface area (Å²) in [5, 5.41) is 10.4. The first kappa shape index (κ1) is 23.7. The average molecular weight is 466 g/mol. The van der Waals surface area contributed by atoms with Gasteiger partial charge in [0.1, 0.15) is 5.82 Å². The highest BCUT2D eigenvalue weighted by atomic mass is 32.2. The van der Waals surface area contributed by atoms with E-state index in [0.717, 1.165) is 24.3 Å². The van der Waals surface area contributed by atoms with Crippen LogP contribution in [0.4, 0.5) is 4.39 Å². The van der Waals surface area contributed by atoms with Crippen molar-refractivity contribution in [2.24, 2.45) is 11.8 Å². The molecule has 1 aliphatic heterocycles. The number of rotatable bonds is 7. The zero-order valence-electron chi connectivity index (χ0n) is 17.6. The first-order chi connectivity index (χ1) is 15.1. The molecule has 0 saturated carbocycles. The topological polar surface area (TPSA) is 140 Å². The zero-order valence-corrected chi connectivity index (χ0v) is 18.4. The van der Waals surface area contributed by atoms with E-state index in [0.29, 0.717) is 12.1 Å². The SMILES string of the molecule is CC(C)C(NS(=O)(=O)c1ccc(F)cc1)C(=O)CC1Cn2cc(nn2)CCNC(=O)C1=O. The number of carbonyl (C=O) groups excluding carboxylic acids is 3. The molecule has 1 aliphatic rings. The Labute approximate surface area is 184 Å². The number of ketones is 2. The summed E-state index contributed by atoms with van der Waals surface area (Å²) >= 11 is 0. The fourth-order valence-corrected chi connectivity index (χ4v) is 4.75. The van der Waals surface area contributed by atoms with E-state index in [1.807, 2.05) is 0 Å². The van der Waals surface area contributed by atoms with E-state index in [9.17, 15) is 27.2 Å². The lowest BCUT2D eigenvalue weighted by Crippen LogP contribution is -2.46. The number of fused-ring (bicyclic) bond motifs is 2. The summed E-state index contributed by atoms with van der Waals surface area (Å²) in [7, 11) is -4.12. The first-order valence-corrected chi connectivity index (χ1v) is 11.6. The fraction of sp³-hybridized carbons (Fsp3) is 0.450. The molecule has 32 heavy (non-hydrogen) atoms. The number of benzene rings is 1. The van der Waals surface area contributed by atoms with Crippen LogP contribution in [0.5, 0.6) is 0 Å². The molecule has 2 atom stereocenters. The number of nitrogens with zero attached hydrogens (tertiary/aromatic N) is 3. The van der Waals surface area contributed by atoms with Gasteiger partial charge in [-0.3, -0.25) is 19.1 Å². The van der Waals surface area contributed by atoms with Gasteiger partial charge in [0.15, 0.2) is 5.78 Å². The third-order valence-corrected chi connectivity index (χ3v) is 6.58. The van der Waals surface area contributed by atoms with Crippen LogP contribution in [0.1, 0.15) is 26.0 Å². The molecule has 0 spiro atoms. The Balaban J connectivity index is 1.81. The number of sulfonamides is 1. The maximum atomic E-state index is 13.1. The standard InChI is InChI=1S/C20H24FN5O5S/c1-12(2)18(24-32(30,31)16-5-3-14(21)4-6-16)17(27)9-13-10-26-11-15(23-25-26)7-8-22-20(29)19(13)28/h3-6,11-13,18,24H,7-10H2,1-2H3,(H,22,29). The molecular formula is C20H24FN5O5S. The van der Waals surface area contributed by atoms with Gasteiger partial charge in [-0.15, -0.1) is 5.10 Å². The van der Waals surface area contributed by atoms with Crippen molar-refractivity contribution in [3.8, 4) is 0 Å². The predicted molar refractivity (Wildman–Crippen MR) is 110 cm³/mol. The molecule has 0 aliphatic carbocycles. The van der Waals surface area contributed by atoms with Crippen molar-refractivity contribution in [1.82, 2.24) is 25.0 Å². The predicted octanol–water partition coefficient (Wildman–Crippen LogP) is 0.237. The largest absolute Gasteiger partial charge is 0.349 e. The van der Waals surface area contributed by atoms with E-state index in [1.54, 1.807) is 20.0 Å². The summed E-state index contributed by atoms with van der Waals surface area (Å²) in [4.78, 5) is 37.7. The van der Waals surface area contributed by atoms with Gasteiger partial charge in [0, 0.05) is 25.6 Å². The first-order valence-electron chi connectivity index (χ1n) is 10.1. The van der Waals surface area contributed by atoms with Gasteiger partial charge < -0.3 is 5.32 Å². The maximum Gasteiger partial charge on any atom is 0.287 e. The molecule has 1 amide bonds. The maximum absolute atomic E-state index is 13.1. The molecule has 0 fully saturated rings. The summed E-state index contributed by atoms with van der Waals surface area (Å²) in [5.74, 6) is -4.20. The van der Waals surface area contributed by atoms with Crippen LogP contribution in [0.25, 0.3) is 0 Å². The van der Waals surface area contributed by atoms with Crippen molar-refractivity contribution in [1.29, 1.82) is 0 Å². The Morgan fingerprint density at radius 2 is 1.97 bits per heavy atom. The second-order valence-corrected chi connectivity index (χ2v) is 9.68. The molecule has 2 heterocycles. The number of halogens is 1. The van der Waals surface area contributed by atoms with Crippen LogP contribution < -0.4 is 10.0 Å². The average Bonchev–Trinajstić information content (AvgIpc) is 3.17. The van der Waals surface area contributed by atoms with Crippen molar-refractivity contribution in [3.63, 3.8) is 0 Å². The summed E-state index contributed by atoms with van der Waals surface area (Å²) in [6.07, 6.45) is 1.69. The van der Waals surface area contributed by atoms with Crippen molar-refractivity contribution < 1.29 is 27.2 Å². The minimum Gasteiger partial charge on any atom is -0.349 e. The summed E-state index contributed by atoms with van der Waals surface area (Å²) in [6, 6.07) is 3.05. The quantitative estimate of drug-likeness (QED) is 0.558. The van der Waals surface area contributed by atoms with Gasteiger partial charge in [0.2, 0.25) is 15.8 Å². The lowest BCUT2D eigenvalue weighted by Gasteiger charge is -2.23. The molecule has 2 bridgehead atoms. The molecule has 1 aromatic carbocycles. The highest BCUT2D eigenvalue weighted by Gasteiger charge is 2.34. The minimum absolute atomic E-state index is 0.0412. The normalized spacial score (nSPS) is 18.3. The number of Topliss-reactive ketones (excluding diaryl/α,β-unsaturated/α-hetero) is 2. The van der Waals surface area contributed by atoms with Gasteiger partial charge in [0.05, 0.1) is 29.1 Å². The van der Waals surface area contributed by atoms with E-state index in [4.69, 9.17) is 0 Å². The van der Waals surface area contributed by atoms with E-state index < -0.39 is 51.2 Å². The van der Waals surface area contributed by atoms with Crippen molar-refractivity contribution in [3.05, 3.63) is 42.0 Å². The van der Waals surface area contributed by atoms with Crippen LogP contribution in [0.3, 0.4) is 0 Å². The number of hydrogen-bond donors (Lipinski definition) is 2. The molecule has 3 rings (SSSR count). The zero-order chi connectivity index (χ0) is 23.5. The second kappa shape index (κ2) is 9.65. The molecule has 1 aromatic heterocycles. The molecule has 2 N–H and O–H groups in total. The Morgan fingerprint density at radius 3 is 2.62 bits per heavy atom. The lowest BCUT2D eigenvalue weighted by molar-refractivity contribution is -0.141. The Kier molecular flexibility index (Phi) is 7.14. The number of carbonyl (C=O) groups is 3. The lowest BCUT2D eigenvalue weighted by atomic mass is 9.90. The highest BCUT2D eigenvalue weighted by Crippen LogP contribution is 2.18. The van der Waals surface area contributed by atoms with Gasteiger partial charge in [0.25, 0.3) is 5.91 Å². The number of amides is 1. The molecule has 12 heteroatoms. The molecule has 2 aromatic rings. The number of nitrogens with one attached hydrogen (secondary N) is 2. The van der Waals surface area contributed by atoms with Crippen molar-refractivity contribution in [2.45, 2.75) is 44.2 Å².